The molecule has 0 aliphatic rings. The van der Waals surface area contributed by atoms with Gasteiger partial charge in [0.15, 0.2) is 0 Å². The number of ether oxygens (including phenoxy) is 1. The Bertz CT molecular complexity index is 286. The molecule has 0 aliphatic carbocycles. The SMILES string of the molecule is CCCn1cc(C(CCCOC)NC)cn1. The molecular weight excluding hydrogens is 202 g/mol. The van der Waals surface area contributed by atoms with Crippen molar-refractivity contribution in [3.63, 3.8) is 0 Å². The summed E-state index contributed by atoms with van der Waals surface area (Å²) in [5.74, 6) is 0. The van der Waals surface area contributed by atoms with Crippen molar-refractivity contribution >= 4 is 0 Å². The van der Waals surface area contributed by atoms with Gasteiger partial charge in [-0.3, -0.25) is 4.68 Å². The van der Waals surface area contributed by atoms with Crippen LogP contribution in [0, 0.1) is 0 Å². The molecule has 92 valence electrons. The zero-order valence-electron chi connectivity index (χ0n) is 10.6. The normalized spacial score (nSPS) is 12.9. The Morgan fingerprint density at radius 2 is 2.38 bits per heavy atom. The molecule has 0 aliphatic heterocycles. The Balaban J connectivity index is 2.49. The van der Waals surface area contributed by atoms with E-state index in [4.69, 9.17) is 4.74 Å². The highest BCUT2D eigenvalue weighted by Crippen LogP contribution is 2.17. The molecule has 1 rings (SSSR count). The van der Waals surface area contributed by atoms with Crippen LogP contribution >= 0.6 is 0 Å². The van der Waals surface area contributed by atoms with Gasteiger partial charge < -0.3 is 10.1 Å². The van der Waals surface area contributed by atoms with Crippen LogP contribution in [0.25, 0.3) is 0 Å². The molecule has 1 heterocycles. The molecule has 0 fully saturated rings. The number of hydrogen-bond acceptors (Lipinski definition) is 3. The van der Waals surface area contributed by atoms with Crippen molar-refractivity contribution in [1.29, 1.82) is 0 Å². The maximum atomic E-state index is 5.07. The lowest BCUT2D eigenvalue weighted by Gasteiger charge is -2.13. The molecule has 0 aromatic carbocycles. The number of rotatable bonds is 8. The molecule has 0 amide bonds. The predicted octanol–water partition coefficient (Wildman–Crippen LogP) is 1.98. The number of aromatic nitrogens is 2. The van der Waals surface area contributed by atoms with E-state index in [0.29, 0.717) is 6.04 Å². The van der Waals surface area contributed by atoms with Gasteiger partial charge in [0.1, 0.15) is 0 Å². The highest BCUT2D eigenvalue weighted by atomic mass is 16.5. The van der Waals surface area contributed by atoms with E-state index in [1.54, 1.807) is 7.11 Å². The fraction of sp³-hybridized carbons (Fsp3) is 0.750. The second kappa shape index (κ2) is 7.41. The standard InChI is InChI=1S/C12H23N3O/c1-4-7-15-10-11(9-14-15)12(13-2)6-5-8-16-3/h9-10,12-13H,4-8H2,1-3H3. The molecule has 0 spiro atoms. The summed E-state index contributed by atoms with van der Waals surface area (Å²) >= 11 is 0. The van der Waals surface area contributed by atoms with Crippen LogP contribution in [0.1, 0.15) is 37.8 Å². The van der Waals surface area contributed by atoms with Gasteiger partial charge in [-0.25, -0.2) is 0 Å². The van der Waals surface area contributed by atoms with Crippen LogP contribution in [0.2, 0.25) is 0 Å². The van der Waals surface area contributed by atoms with Crippen LogP contribution in [0.15, 0.2) is 12.4 Å². The minimum absolute atomic E-state index is 0.390. The average Bonchev–Trinajstić information content (AvgIpc) is 2.74. The van der Waals surface area contributed by atoms with Crippen LogP contribution in [-0.4, -0.2) is 30.5 Å². The molecule has 0 radical (unpaired) electrons. The van der Waals surface area contributed by atoms with Gasteiger partial charge >= 0.3 is 0 Å². The molecular formula is C12H23N3O. The van der Waals surface area contributed by atoms with Gasteiger partial charge in [-0.2, -0.15) is 5.10 Å². The second-order valence-corrected chi connectivity index (χ2v) is 4.01. The maximum absolute atomic E-state index is 5.07. The van der Waals surface area contributed by atoms with Gasteiger partial charge in [0.2, 0.25) is 0 Å². The number of nitrogens with one attached hydrogen (secondary N) is 1. The summed E-state index contributed by atoms with van der Waals surface area (Å²) < 4.78 is 7.08. The number of methoxy groups -OCH3 is 1. The first-order valence-electron chi connectivity index (χ1n) is 6.00. The largest absolute Gasteiger partial charge is 0.385 e. The monoisotopic (exact) mass is 225 g/mol. The third-order valence-electron chi connectivity index (χ3n) is 2.70. The van der Waals surface area contributed by atoms with Crippen molar-refractivity contribution < 1.29 is 4.74 Å². The molecule has 1 atom stereocenters. The van der Waals surface area contributed by atoms with E-state index in [0.717, 1.165) is 32.4 Å². The fourth-order valence-corrected chi connectivity index (χ4v) is 1.82. The van der Waals surface area contributed by atoms with Gasteiger partial charge in [0.25, 0.3) is 0 Å². The Hall–Kier alpha value is -0.870. The summed E-state index contributed by atoms with van der Waals surface area (Å²) in [7, 11) is 3.74. The fourth-order valence-electron chi connectivity index (χ4n) is 1.82. The van der Waals surface area contributed by atoms with E-state index in [1.807, 2.05) is 17.9 Å². The van der Waals surface area contributed by atoms with E-state index in [1.165, 1.54) is 5.56 Å². The first kappa shape index (κ1) is 13.2. The number of hydrogen-bond donors (Lipinski definition) is 1. The average molecular weight is 225 g/mol. The molecule has 1 N–H and O–H groups in total. The van der Waals surface area contributed by atoms with Gasteiger partial charge in [-0.05, 0) is 26.3 Å². The summed E-state index contributed by atoms with van der Waals surface area (Å²) in [6.07, 6.45) is 7.37. The Kier molecular flexibility index (Phi) is 6.11. The summed E-state index contributed by atoms with van der Waals surface area (Å²) in [6, 6.07) is 0.390. The van der Waals surface area contributed by atoms with Crippen molar-refractivity contribution in [2.24, 2.45) is 0 Å². The summed E-state index contributed by atoms with van der Waals surface area (Å²) in [6.45, 7) is 3.98. The molecule has 1 aromatic heterocycles. The highest BCUT2D eigenvalue weighted by molar-refractivity contribution is 5.10. The Morgan fingerprint density at radius 3 is 3.00 bits per heavy atom. The predicted molar refractivity (Wildman–Crippen MR) is 65.4 cm³/mol. The quantitative estimate of drug-likeness (QED) is 0.688. The molecule has 0 saturated heterocycles. The third-order valence-corrected chi connectivity index (χ3v) is 2.70. The van der Waals surface area contributed by atoms with Gasteiger partial charge in [0, 0.05) is 38.1 Å². The van der Waals surface area contributed by atoms with Crippen LogP contribution in [0.4, 0.5) is 0 Å². The van der Waals surface area contributed by atoms with Crippen LogP contribution in [0.5, 0.6) is 0 Å². The van der Waals surface area contributed by atoms with E-state index in [2.05, 4.69) is 23.5 Å². The second-order valence-electron chi connectivity index (χ2n) is 4.01. The topological polar surface area (TPSA) is 39.1 Å². The zero-order chi connectivity index (χ0) is 11.8. The van der Waals surface area contributed by atoms with Crippen molar-refractivity contribution in [2.45, 2.75) is 38.8 Å². The summed E-state index contributed by atoms with van der Waals surface area (Å²) in [4.78, 5) is 0. The maximum Gasteiger partial charge on any atom is 0.0537 e. The van der Waals surface area contributed by atoms with Crippen molar-refractivity contribution in [1.82, 2.24) is 15.1 Å². The third kappa shape index (κ3) is 3.94. The molecule has 16 heavy (non-hydrogen) atoms. The molecule has 4 nitrogen and oxygen atoms in total. The molecule has 0 saturated carbocycles. The van der Waals surface area contributed by atoms with Gasteiger partial charge in [-0.1, -0.05) is 6.92 Å². The summed E-state index contributed by atoms with van der Waals surface area (Å²) in [5, 5.41) is 7.67. The lowest BCUT2D eigenvalue weighted by Crippen LogP contribution is -2.16. The van der Waals surface area contributed by atoms with Crippen LogP contribution in [0.3, 0.4) is 0 Å². The minimum Gasteiger partial charge on any atom is -0.385 e. The van der Waals surface area contributed by atoms with E-state index in [9.17, 15) is 0 Å². The Morgan fingerprint density at radius 1 is 1.56 bits per heavy atom. The highest BCUT2D eigenvalue weighted by Gasteiger charge is 2.10. The van der Waals surface area contributed by atoms with Crippen molar-refractivity contribution in [2.75, 3.05) is 20.8 Å². The summed E-state index contributed by atoms with van der Waals surface area (Å²) in [5.41, 5.74) is 1.27. The van der Waals surface area contributed by atoms with Crippen LogP contribution in [-0.2, 0) is 11.3 Å². The van der Waals surface area contributed by atoms with E-state index in [-0.39, 0.29) is 0 Å². The van der Waals surface area contributed by atoms with E-state index >= 15 is 0 Å². The van der Waals surface area contributed by atoms with Crippen LogP contribution < -0.4 is 5.32 Å². The zero-order valence-corrected chi connectivity index (χ0v) is 10.6. The molecule has 1 unspecified atom stereocenters. The van der Waals surface area contributed by atoms with Crippen molar-refractivity contribution in [3.05, 3.63) is 18.0 Å². The minimum atomic E-state index is 0.390. The molecule has 1 aromatic rings. The molecule has 0 bridgehead atoms. The lowest BCUT2D eigenvalue weighted by atomic mass is 10.1. The van der Waals surface area contributed by atoms with E-state index < -0.39 is 0 Å². The number of nitrogens with zero attached hydrogens (tertiary/aromatic N) is 2. The molecule has 4 heteroatoms. The smallest absolute Gasteiger partial charge is 0.0537 e. The van der Waals surface area contributed by atoms with Gasteiger partial charge in [-0.15, -0.1) is 0 Å². The number of aryl methyl sites for hydroxylation is 1. The Labute approximate surface area is 98.0 Å². The lowest BCUT2D eigenvalue weighted by molar-refractivity contribution is 0.189. The first-order valence-corrected chi connectivity index (χ1v) is 6.00. The van der Waals surface area contributed by atoms with Gasteiger partial charge in [0.05, 0.1) is 6.20 Å². The first-order chi connectivity index (χ1) is 7.81. The van der Waals surface area contributed by atoms with Crippen molar-refractivity contribution in [3.8, 4) is 0 Å².